The molecule has 0 aliphatic rings. The van der Waals surface area contributed by atoms with E-state index in [1.54, 1.807) is 0 Å². The van der Waals surface area contributed by atoms with Gasteiger partial charge in [-0.1, -0.05) is 140 Å². The summed E-state index contributed by atoms with van der Waals surface area (Å²) >= 11 is 0. The van der Waals surface area contributed by atoms with Crippen LogP contribution in [0, 0.1) is 0 Å². The van der Waals surface area contributed by atoms with E-state index in [0.717, 1.165) is 28.3 Å². The minimum absolute atomic E-state index is 1.13. The number of rotatable bonds is 5. The molecule has 0 bridgehead atoms. The highest BCUT2D eigenvalue weighted by atomic mass is 15.0. The Morgan fingerprint density at radius 2 is 0.562 bits per heavy atom. The molecule has 0 radical (unpaired) electrons. The van der Waals surface area contributed by atoms with Crippen molar-refractivity contribution in [3.05, 3.63) is 231 Å². The van der Waals surface area contributed by atoms with Gasteiger partial charge in [0.25, 0.3) is 0 Å². The molecule has 0 saturated carbocycles. The summed E-state index contributed by atoms with van der Waals surface area (Å²) in [5.41, 5.74) is 16.5. The van der Waals surface area contributed by atoms with Crippen LogP contribution in [0.2, 0.25) is 0 Å². The number of benzene rings is 10. The van der Waals surface area contributed by atoms with Crippen molar-refractivity contribution in [2.75, 3.05) is 0 Å². The topological polar surface area (TPSA) is 19.7 Å². The van der Waals surface area contributed by atoms with Gasteiger partial charge in [-0.2, -0.15) is 0 Å². The van der Waals surface area contributed by atoms with Crippen molar-refractivity contribution in [2.45, 2.75) is 0 Å². The highest BCUT2D eigenvalue weighted by Crippen LogP contribution is 2.45. The van der Waals surface area contributed by atoms with Gasteiger partial charge in [0.1, 0.15) is 0 Å². The Bertz CT molecular complexity index is 4180. The molecule has 14 aromatic rings. The van der Waals surface area contributed by atoms with E-state index >= 15 is 0 Å². The molecule has 14 rings (SSSR count). The summed E-state index contributed by atoms with van der Waals surface area (Å²) in [5, 5.41) is 10.1. The van der Waals surface area contributed by atoms with Gasteiger partial charge in [-0.3, -0.25) is 0 Å². The lowest BCUT2D eigenvalue weighted by Crippen LogP contribution is -1.98. The predicted molar refractivity (Wildman–Crippen MR) is 269 cm³/mol. The van der Waals surface area contributed by atoms with Crippen LogP contribution in [0.5, 0.6) is 0 Å². The van der Waals surface area contributed by atoms with Gasteiger partial charge in [0, 0.05) is 65.7 Å². The van der Waals surface area contributed by atoms with E-state index in [1.165, 1.54) is 92.8 Å². The molecule has 0 aliphatic heterocycles. The molecule has 0 N–H and O–H groups in total. The van der Waals surface area contributed by atoms with Crippen LogP contribution in [0.15, 0.2) is 231 Å². The van der Waals surface area contributed by atoms with Crippen LogP contribution in [0.25, 0.3) is 121 Å². The SMILES string of the molecule is c1ccc(-n2c3ccccc3c3c4c5ccccc5n(-c5cccc(-c6ccccc6-n6c7ccccc7c7c8c9ccccc9n(-c9ccccc9)c8ccc76)c5)c4ccc32)cc1. The summed E-state index contributed by atoms with van der Waals surface area (Å²) < 4.78 is 9.77. The molecular weight excluding hydrogens is 777 g/mol. The van der Waals surface area contributed by atoms with Gasteiger partial charge in [0.2, 0.25) is 0 Å². The molecule has 298 valence electrons. The fourth-order valence-corrected chi connectivity index (χ4v) is 11.0. The Morgan fingerprint density at radius 3 is 1.03 bits per heavy atom. The fraction of sp³-hybridized carbons (Fsp3) is 0. The molecule has 4 heterocycles. The standard InChI is InChI=1S/C60H38N4/c1-3-19-40(20-4-1)61-49-30-13-8-25-44(49)57-53(61)34-35-55-59(57)46-27-10-15-32-51(46)63(55)42-23-17-18-39(38-42)43-24-7-12-29-48(43)64-52-33-16-11-28-47(52)60-56(64)37-36-54-58(60)45-26-9-14-31-50(45)62(54)41-21-5-2-6-22-41/h1-38H. The van der Waals surface area contributed by atoms with Gasteiger partial charge in [-0.15, -0.1) is 0 Å². The van der Waals surface area contributed by atoms with E-state index in [9.17, 15) is 0 Å². The van der Waals surface area contributed by atoms with E-state index in [2.05, 4.69) is 249 Å². The second kappa shape index (κ2) is 13.4. The summed E-state index contributed by atoms with van der Waals surface area (Å²) in [7, 11) is 0. The maximum absolute atomic E-state index is 2.49. The summed E-state index contributed by atoms with van der Waals surface area (Å²) in [4.78, 5) is 0. The lowest BCUT2D eigenvalue weighted by atomic mass is 10.0. The molecule has 4 aromatic heterocycles. The van der Waals surface area contributed by atoms with Crippen LogP contribution in [-0.4, -0.2) is 18.3 Å². The Kier molecular flexibility index (Phi) is 7.36. The van der Waals surface area contributed by atoms with Crippen molar-refractivity contribution >= 4 is 87.2 Å². The molecule has 10 aromatic carbocycles. The molecule has 4 nitrogen and oxygen atoms in total. The molecule has 0 aliphatic carbocycles. The van der Waals surface area contributed by atoms with Crippen LogP contribution >= 0.6 is 0 Å². The molecule has 0 fully saturated rings. The summed E-state index contributed by atoms with van der Waals surface area (Å²) in [6.45, 7) is 0. The summed E-state index contributed by atoms with van der Waals surface area (Å²) in [6.07, 6.45) is 0. The molecule has 0 amide bonds. The van der Waals surface area contributed by atoms with Crippen molar-refractivity contribution in [1.29, 1.82) is 0 Å². The second-order valence-corrected chi connectivity index (χ2v) is 16.9. The minimum atomic E-state index is 1.13. The Labute approximate surface area is 368 Å². The van der Waals surface area contributed by atoms with Crippen molar-refractivity contribution in [3.63, 3.8) is 0 Å². The van der Waals surface area contributed by atoms with E-state index in [0.29, 0.717) is 0 Å². The third kappa shape index (κ3) is 4.82. The largest absolute Gasteiger partial charge is 0.309 e. The lowest BCUT2D eigenvalue weighted by molar-refractivity contribution is 1.16. The average molecular weight is 815 g/mol. The average Bonchev–Trinajstić information content (AvgIpc) is 4.09. The van der Waals surface area contributed by atoms with Crippen LogP contribution in [-0.2, 0) is 0 Å². The Hall–Kier alpha value is -8.60. The third-order valence-electron chi connectivity index (χ3n) is 13.5. The van der Waals surface area contributed by atoms with Crippen LogP contribution in [0.1, 0.15) is 0 Å². The number of hydrogen-bond acceptors (Lipinski definition) is 0. The Balaban J connectivity index is 1.00. The van der Waals surface area contributed by atoms with Gasteiger partial charge in [0.15, 0.2) is 0 Å². The molecule has 0 unspecified atom stereocenters. The van der Waals surface area contributed by atoms with Gasteiger partial charge in [-0.05, 0) is 96.6 Å². The minimum Gasteiger partial charge on any atom is -0.309 e. The van der Waals surface area contributed by atoms with E-state index in [-0.39, 0.29) is 0 Å². The first-order valence-electron chi connectivity index (χ1n) is 22.0. The Morgan fingerprint density at radius 1 is 0.219 bits per heavy atom. The van der Waals surface area contributed by atoms with Crippen molar-refractivity contribution < 1.29 is 0 Å². The first-order valence-corrected chi connectivity index (χ1v) is 22.0. The summed E-state index contributed by atoms with van der Waals surface area (Å²) in [6, 6.07) is 84.3. The number of para-hydroxylation sites is 7. The second-order valence-electron chi connectivity index (χ2n) is 16.9. The van der Waals surface area contributed by atoms with Crippen LogP contribution < -0.4 is 0 Å². The van der Waals surface area contributed by atoms with Crippen LogP contribution in [0.4, 0.5) is 0 Å². The number of nitrogens with zero attached hydrogens (tertiary/aromatic N) is 4. The number of hydrogen-bond donors (Lipinski definition) is 0. The lowest BCUT2D eigenvalue weighted by Gasteiger charge is -2.16. The third-order valence-corrected chi connectivity index (χ3v) is 13.5. The quantitative estimate of drug-likeness (QED) is 0.165. The monoisotopic (exact) mass is 814 g/mol. The molecular formula is C60H38N4. The van der Waals surface area contributed by atoms with Crippen molar-refractivity contribution in [3.8, 4) is 33.9 Å². The van der Waals surface area contributed by atoms with Gasteiger partial charge in [-0.25, -0.2) is 0 Å². The van der Waals surface area contributed by atoms with Gasteiger partial charge in [0.05, 0.1) is 49.8 Å². The maximum atomic E-state index is 2.49. The fourth-order valence-electron chi connectivity index (χ4n) is 11.0. The normalized spacial score (nSPS) is 12.1. The highest BCUT2D eigenvalue weighted by Gasteiger charge is 2.23. The van der Waals surface area contributed by atoms with E-state index in [1.807, 2.05) is 0 Å². The first-order chi connectivity index (χ1) is 31.8. The van der Waals surface area contributed by atoms with Gasteiger partial charge < -0.3 is 18.3 Å². The smallest absolute Gasteiger partial charge is 0.0549 e. The zero-order valence-electron chi connectivity index (χ0n) is 34.7. The summed E-state index contributed by atoms with van der Waals surface area (Å²) in [5.74, 6) is 0. The van der Waals surface area contributed by atoms with Crippen molar-refractivity contribution in [1.82, 2.24) is 18.3 Å². The van der Waals surface area contributed by atoms with Gasteiger partial charge >= 0.3 is 0 Å². The van der Waals surface area contributed by atoms with E-state index < -0.39 is 0 Å². The first kappa shape index (κ1) is 35.0. The molecule has 0 atom stereocenters. The molecule has 0 spiro atoms. The molecule has 0 saturated heterocycles. The number of aromatic nitrogens is 4. The molecule has 4 heteroatoms. The predicted octanol–water partition coefficient (Wildman–Crippen LogP) is 15.7. The highest BCUT2D eigenvalue weighted by molar-refractivity contribution is 6.30. The van der Waals surface area contributed by atoms with Crippen LogP contribution in [0.3, 0.4) is 0 Å². The van der Waals surface area contributed by atoms with E-state index in [4.69, 9.17) is 0 Å². The zero-order chi connectivity index (χ0) is 41.9. The van der Waals surface area contributed by atoms with Crippen molar-refractivity contribution in [2.24, 2.45) is 0 Å². The molecule has 64 heavy (non-hydrogen) atoms. The number of fused-ring (bicyclic) bond motifs is 14. The maximum Gasteiger partial charge on any atom is 0.0549 e. The zero-order valence-corrected chi connectivity index (χ0v) is 34.7.